The molecule has 2 N–H and O–H groups in total. The number of aromatic nitrogens is 2. The molecular formula is C27H34N4O2. The average molecular weight is 447 g/mol. The van der Waals surface area contributed by atoms with E-state index in [9.17, 15) is 4.79 Å². The number of ether oxygens (including phenoxy) is 1. The highest BCUT2D eigenvalue weighted by molar-refractivity contribution is 5.78. The van der Waals surface area contributed by atoms with Gasteiger partial charge in [-0.1, -0.05) is 81.4 Å². The van der Waals surface area contributed by atoms with Crippen molar-refractivity contribution in [2.75, 3.05) is 26.3 Å². The van der Waals surface area contributed by atoms with Crippen LogP contribution in [0.4, 0.5) is 0 Å². The van der Waals surface area contributed by atoms with Crippen LogP contribution in [0.1, 0.15) is 38.2 Å². The first kappa shape index (κ1) is 23.2. The number of nitrogens with zero attached hydrogens (tertiary/aromatic N) is 3. The third-order valence-electron chi connectivity index (χ3n) is 6.14. The lowest BCUT2D eigenvalue weighted by atomic mass is 9.84. The molecule has 4 rings (SSSR count). The molecule has 6 heteroatoms. The SMILES string of the molecule is CC(C)(C)[C@H](c1nc(-c2ccccc2)cn1Cc1ccccc1)N1C[C@H](CN)COCC1=O. The second-order valence-electron chi connectivity index (χ2n) is 9.90. The number of carbonyl (C=O) groups is 1. The molecule has 6 nitrogen and oxygen atoms in total. The van der Waals surface area contributed by atoms with Crippen LogP contribution in [0.25, 0.3) is 11.3 Å². The molecule has 3 aromatic rings. The maximum atomic E-state index is 13.2. The van der Waals surface area contributed by atoms with Crippen LogP contribution in [0.3, 0.4) is 0 Å². The zero-order valence-corrected chi connectivity index (χ0v) is 19.8. The zero-order valence-electron chi connectivity index (χ0n) is 19.8. The molecule has 174 valence electrons. The minimum atomic E-state index is -0.243. The molecule has 0 bridgehead atoms. The highest BCUT2D eigenvalue weighted by Crippen LogP contribution is 2.40. The van der Waals surface area contributed by atoms with Crippen LogP contribution < -0.4 is 5.73 Å². The second-order valence-corrected chi connectivity index (χ2v) is 9.90. The van der Waals surface area contributed by atoms with Crippen molar-refractivity contribution in [1.82, 2.24) is 14.5 Å². The van der Waals surface area contributed by atoms with Crippen molar-refractivity contribution in [2.24, 2.45) is 17.1 Å². The summed E-state index contributed by atoms with van der Waals surface area (Å²) in [4.78, 5) is 20.3. The van der Waals surface area contributed by atoms with E-state index in [4.69, 9.17) is 15.5 Å². The van der Waals surface area contributed by atoms with Crippen molar-refractivity contribution < 1.29 is 9.53 Å². The fraction of sp³-hybridized carbons (Fsp3) is 0.407. The molecule has 0 spiro atoms. The van der Waals surface area contributed by atoms with Gasteiger partial charge in [0, 0.05) is 30.8 Å². The van der Waals surface area contributed by atoms with Gasteiger partial charge in [-0.2, -0.15) is 0 Å². The molecule has 2 heterocycles. The predicted molar refractivity (Wildman–Crippen MR) is 130 cm³/mol. The van der Waals surface area contributed by atoms with Crippen LogP contribution in [0.15, 0.2) is 66.9 Å². The van der Waals surface area contributed by atoms with Gasteiger partial charge in [-0.3, -0.25) is 4.79 Å². The van der Waals surface area contributed by atoms with Crippen LogP contribution in [0.5, 0.6) is 0 Å². The quantitative estimate of drug-likeness (QED) is 0.618. The molecule has 1 aliphatic rings. The maximum Gasteiger partial charge on any atom is 0.249 e. The molecule has 2 aromatic carbocycles. The van der Waals surface area contributed by atoms with E-state index in [2.05, 4.69) is 55.8 Å². The van der Waals surface area contributed by atoms with E-state index >= 15 is 0 Å². The molecule has 1 saturated heterocycles. The summed E-state index contributed by atoms with van der Waals surface area (Å²) < 4.78 is 7.84. The zero-order chi connectivity index (χ0) is 23.4. The Balaban J connectivity index is 1.83. The first-order chi connectivity index (χ1) is 15.9. The van der Waals surface area contributed by atoms with Gasteiger partial charge in [0.25, 0.3) is 0 Å². The van der Waals surface area contributed by atoms with E-state index in [0.29, 0.717) is 26.2 Å². The minimum absolute atomic E-state index is 0.0126. The standard InChI is InChI=1S/C27H34N4O2/c1-27(2,3)25(31-16-21(14-28)18-33-19-24(31)32)26-29-23(22-12-8-5-9-13-22)17-30(26)15-20-10-6-4-7-11-20/h4-13,17,21,25H,14-16,18-19,28H2,1-3H3/t21-,25-/m0/s1. The summed E-state index contributed by atoms with van der Waals surface area (Å²) in [6, 6.07) is 20.3. The first-order valence-corrected chi connectivity index (χ1v) is 11.6. The van der Waals surface area contributed by atoms with Gasteiger partial charge >= 0.3 is 0 Å². The average Bonchev–Trinajstić information content (AvgIpc) is 3.11. The van der Waals surface area contributed by atoms with E-state index in [-0.39, 0.29) is 29.9 Å². The van der Waals surface area contributed by atoms with Gasteiger partial charge in [0.1, 0.15) is 12.4 Å². The summed E-state index contributed by atoms with van der Waals surface area (Å²) in [5.41, 5.74) is 8.91. The number of rotatable bonds is 6. The summed E-state index contributed by atoms with van der Waals surface area (Å²) in [6.45, 7) is 8.80. The Morgan fingerprint density at radius 1 is 1.09 bits per heavy atom. The molecule has 1 amide bonds. The van der Waals surface area contributed by atoms with Crippen LogP contribution in [-0.4, -0.2) is 46.7 Å². The monoisotopic (exact) mass is 446 g/mol. The van der Waals surface area contributed by atoms with E-state index in [1.807, 2.05) is 41.3 Å². The maximum absolute atomic E-state index is 13.2. The number of carbonyl (C=O) groups excluding carboxylic acids is 1. The predicted octanol–water partition coefficient (Wildman–Crippen LogP) is 4.12. The van der Waals surface area contributed by atoms with Crippen LogP contribution in [0, 0.1) is 11.3 Å². The summed E-state index contributed by atoms with van der Waals surface area (Å²) in [5.74, 6) is 0.977. The van der Waals surface area contributed by atoms with Crippen molar-refractivity contribution in [1.29, 1.82) is 0 Å². The Hall–Kier alpha value is -2.96. The fourth-order valence-electron chi connectivity index (χ4n) is 4.52. The second kappa shape index (κ2) is 9.89. The molecule has 2 atom stereocenters. The summed E-state index contributed by atoms with van der Waals surface area (Å²) in [7, 11) is 0. The third kappa shape index (κ3) is 5.34. The number of amides is 1. The summed E-state index contributed by atoms with van der Waals surface area (Å²) >= 11 is 0. The molecule has 0 saturated carbocycles. The van der Waals surface area contributed by atoms with Gasteiger partial charge < -0.3 is 19.9 Å². The topological polar surface area (TPSA) is 73.4 Å². The highest BCUT2D eigenvalue weighted by atomic mass is 16.5. The smallest absolute Gasteiger partial charge is 0.249 e. The largest absolute Gasteiger partial charge is 0.371 e. The van der Waals surface area contributed by atoms with E-state index < -0.39 is 0 Å². The molecule has 1 aliphatic heterocycles. The Kier molecular flexibility index (Phi) is 6.96. The van der Waals surface area contributed by atoms with Crippen LogP contribution >= 0.6 is 0 Å². The molecule has 1 aromatic heterocycles. The Morgan fingerprint density at radius 3 is 2.39 bits per heavy atom. The number of imidazole rings is 1. The number of hydrogen-bond acceptors (Lipinski definition) is 4. The van der Waals surface area contributed by atoms with Gasteiger partial charge in [0.05, 0.1) is 18.3 Å². The fourth-order valence-corrected chi connectivity index (χ4v) is 4.52. The van der Waals surface area contributed by atoms with E-state index in [1.54, 1.807) is 0 Å². The van der Waals surface area contributed by atoms with Crippen molar-refractivity contribution in [3.8, 4) is 11.3 Å². The van der Waals surface area contributed by atoms with Gasteiger partial charge in [-0.25, -0.2) is 4.98 Å². The number of hydrogen-bond donors (Lipinski definition) is 1. The number of nitrogens with two attached hydrogens (primary N) is 1. The molecule has 0 unspecified atom stereocenters. The van der Waals surface area contributed by atoms with Crippen molar-refractivity contribution in [3.05, 3.63) is 78.2 Å². The summed E-state index contributed by atoms with van der Waals surface area (Å²) in [5, 5.41) is 0. The lowest BCUT2D eigenvalue weighted by Gasteiger charge is -2.40. The van der Waals surface area contributed by atoms with Crippen LogP contribution in [-0.2, 0) is 16.1 Å². The summed E-state index contributed by atoms with van der Waals surface area (Å²) in [6.07, 6.45) is 2.11. The number of benzene rings is 2. The normalized spacial score (nSPS) is 18.2. The highest BCUT2D eigenvalue weighted by Gasteiger charge is 2.40. The Labute approximate surface area is 196 Å². The molecule has 0 radical (unpaired) electrons. The van der Waals surface area contributed by atoms with Crippen LogP contribution in [0.2, 0.25) is 0 Å². The van der Waals surface area contributed by atoms with Crippen molar-refractivity contribution in [2.45, 2.75) is 33.4 Å². The van der Waals surface area contributed by atoms with Crippen molar-refractivity contribution >= 4 is 5.91 Å². The van der Waals surface area contributed by atoms with Gasteiger partial charge in [-0.15, -0.1) is 0 Å². The first-order valence-electron chi connectivity index (χ1n) is 11.6. The van der Waals surface area contributed by atoms with E-state index in [0.717, 1.165) is 17.1 Å². The Morgan fingerprint density at radius 2 is 1.76 bits per heavy atom. The van der Waals surface area contributed by atoms with E-state index in [1.165, 1.54) is 5.56 Å². The third-order valence-corrected chi connectivity index (χ3v) is 6.14. The molecular weight excluding hydrogens is 412 g/mol. The lowest BCUT2D eigenvalue weighted by Crippen LogP contribution is -2.45. The van der Waals surface area contributed by atoms with Crippen molar-refractivity contribution in [3.63, 3.8) is 0 Å². The Bertz CT molecular complexity index is 1060. The van der Waals surface area contributed by atoms with Gasteiger partial charge in [0.15, 0.2) is 0 Å². The lowest BCUT2D eigenvalue weighted by molar-refractivity contribution is -0.139. The molecule has 1 fully saturated rings. The van der Waals surface area contributed by atoms with Gasteiger partial charge in [0.2, 0.25) is 5.91 Å². The molecule has 33 heavy (non-hydrogen) atoms. The molecule has 0 aliphatic carbocycles. The van der Waals surface area contributed by atoms with Gasteiger partial charge in [-0.05, 0) is 17.5 Å². The minimum Gasteiger partial charge on any atom is -0.371 e.